The van der Waals surface area contributed by atoms with Crippen LogP contribution in [0.3, 0.4) is 0 Å². The molecule has 0 unspecified atom stereocenters. The minimum atomic E-state index is -0.549. The lowest BCUT2D eigenvalue weighted by Crippen LogP contribution is -2.32. The van der Waals surface area contributed by atoms with Crippen LogP contribution in [0.2, 0.25) is 0 Å². The molecule has 11 rings (SSSR count). The average Bonchev–Trinajstić information content (AvgIpc) is 3.69. The van der Waals surface area contributed by atoms with Gasteiger partial charge >= 0.3 is 0 Å². The number of imidazole rings is 1. The van der Waals surface area contributed by atoms with E-state index in [1.165, 1.54) is 53.9 Å². The molecule has 1 spiro atoms. The van der Waals surface area contributed by atoms with Crippen LogP contribution in [0, 0.1) is 11.3 Å². The normalized spacial score (nSPS) is 13.8. The van der Waals surface area contributed by atoms with E-state index in [-0.39, 0.29) is 0 Å². The fraction of sp³-hybridized carbons (Fsp3) is 0.0222. The predicted molar refractivity (Wildman–Crippen MR) is 199 cm³/mol. The number of hydrogen-bond acceptors (Lipinski definition) is 3. The van der Waals surface area contributed by atoms with Crippen LogP contribution in [0.15, 0.2) is 161 Å². The van der Waals surface area contributed by atoms with Crippen molar-refractivity contribution < 1.29 is 0 Å². The van der Waals surface area contributed by atoms with E-state index in [4.69, 9.17) is 4.98 Å². The molecule has 2 aliphatic rings. The van der Waals surface area contributed by atoms with Gasteiger partial charge in [-0.15, -0.1) is 0 Å². The van der Waals surface area contributed by atoms with E-state index in [9.17, 15) is 5.26 Å². The van der Waals surface area contributed by atoms with E-state index >= 15 is 0 Å². The lowest BCUT2D eigenvalue weighted by molar-refractivity contribution is 0.722. The summed E-state index contributed by atoms with van der Waals surface area (Å²) in [6, 6.07) is 57.1. The number of nitrogens with zero attached hydrogens (tertiary/aromatic N) is 3. The zero-order valence-electron chi connectivity index (χ0n) is 26.2. The van der Waals surface area contributed by atoms with Crippen molar-refractivity contribution in [2.45, 2.75) is 15.2 Å². The molecule has 0 radical (unpaired) electrons. The zero-order valence-corrected chi connectivity index (χ0v) is 27.0. The highest BCUT2D eigenvalue weighted by Gasteiger charge is 2.50. The van der Waals surface area contributed by atoms with Gasteiger partial charge in [-0.2, -0.15) is 5.26 Å². The van der Waals surface area contributed by atoms with E-state index < -0.39 is 5.41 Å². The van der Waals surface area contributed by atoms with Gasteiger partial charge in [-0.25, -0.2) is 4.98 Å². The second kappa shape index (κ2) is 9.70. The number of rotatable bonds is 1. The summed E-state index contributed by atoms with van der Waals surface area (Å²) in [6.45, 7) is 0. The van der Waals surface area contributed by atoms with Crippen LogP contribution in [-0.2, 0) is 5.41 Å². The van der Waals surface area contributed by atoms with Crippen LogP contribution < -0.4 is 0 Å². The quantitative estimate of drug-likeness (QED) is 0.168. The summed E-state index contributed by atoms with van der Waals surface area (Å²) in [5.74, 6) is 0. The van der Waals surface area contributed by atoms with E-state index in [0.29, 0.717) is 5.56 Å². The Bertz CT molecular complexity index is 2900. The molecule has 1 aliphatic heterocycles. The van der Waals surface area contributed by atoms with Crippen LogP contribution in [0.1, 0.15) is 27.8 Å². The number of aromatic nitrogens is 2. The third kappa shape index (κ3) is 3.45. The second-order valence-corrected chi connectivity index (χ2v) is 14.1. The molecule has 4 heteroatoms. The summed E-state index contributed by atoms with van der Waals surface area (Å²) in [4.78, 5) is 7.62. The van der Waals surface area contributed by atoms with Gasteiger partial charge in [0.2, 0.25) is 0 Å². The molecule has 3 heterocycles. The van der Waals surface area contributed by atoms with Gasteiger partial charge in [-0.1, -0.05) is 115 Å². The Morgan fingerprint density at radius 2 is 1.16 bits per heavy atom. The lowest BCUT2D eigenvalue weighted by Gasteiger charge is -2.39. The Morgan fingerprint density at radius 1 is 0.531 bits per heavy atom. The van der Waals surface area contributed by atoms with Gasteiger partial charge in [0.15, 0.2) is 0 Å². The lowest BCUT2D eigenvalue weighted by atomic mass is 9.67. The molecule has 226 valence electrons. The fourth-order valence-electron chi connectivity index (χ4n) is 8.64. The van der Waals surface area contributed by atoms with Gasteiger partial charge in [-0.05, 0) is 98.4 Å². The third-order valence-corrected chi connectivity index (χ3v) is 11.8. The van der Waals surface area contributed by atoms with Crippen LogP contribution in [-0.4, -0.2) is 9.38 Å². The molecule has 3 nitrogen and oxygen atoms in total. The molecular weight excluding hydrogens is 615 g/mol. The van der Waals surface area contributed by atoms with E-state index in [1.807, 2.05) is 17.8 Å². The summed E-state index contributed by atoms with van der Waals surface area (Å²) < 4.78 is 2.33. The molecule has 0 saturated carbocycles. The summed E-state index contributed by atoms with van der Waals surface area (Å²) in [5.41, 5.74) is 14.0. The Labute approximate surface area is 286 Å². The van der Waals surface area contributed by atoms with Crippen LogP contribution >= 0.6 is 11.8 Å². The molecule has 0 amide bonds. The molecule has 1 aliphatic carbocycles. The van der Waals surface area contributed by atoms with E-state index in [2.05, 4.69) is 156 Å². The molecule has 7 aromatic carbocycles. The Balaban J connectivity index is 1.23. The first-order valence-corrected chi connectivity index (χ1v) is 17.3. The highest BCUT2D eigenvalue weighted by molar-refractivity contribution is 7.99. The molecule has 0 atom stereocenters. The number of nitriles is 1. The first-order chi connectivity index (χ1) is 24.2. The van der Waals surface area contributed by atoms with Crippen LogP contribution in [0.5, 0.6) is 0 Å². The van der Waals surface area contributed by atoms with Gasteiger partial charge in [0.1, 0.15) is 5.65 Å². The van der Waals surface area contributed by atoms with E-state index in [1.54, 1.807) is 0 Å². The average molecular weight is 640 g/mol. The standard InChI is InChI=1S/C45H25N3S/c46-26-27-17-20-31-32-21-18-28(24-38(32)45(37(31)23-27)35-11-3-7-15-42(35)49-43-16-8-4-12-36(43)45)29-19-22-33-30-9-1-2-10-34(30)44-47-39-13-5-6-14-40(39)48(44)41(33)25-29/h1-25H. The number of hydrogen-bond donors (Lipinski definition) is 0. The van der Waals surface area contributed by atoms with Gasteiger partial charge in [0.25, 0.3) is 0 Å². The first-order valence-electron chi connectivity index (χ1n) is 16.5. The van der Waals surface area contributed by atoms with Crippen molar-refractivity contribution in [1.82, 2.24) is 9.38 Å². The SMILES string of the molecule is N#Cc1ccc2c(c1)C1(c3ccccc3Sc3ccccc31)c1cc(-c3ccc4c5ccccc5c5nc6ccccc6n5c4c3)ccc1-2. The van der Waals surface area contributed by atoms with Crippen molar-refractivity contribution in [3.05, 3.63) is 179 Å². The number of benzene rings is 7. The van der Waals surface area contributed by atoms with Gasteiger partial charge in [0, 0.05) is 20.6 Å². The van der Waals surface area contributed by atoms with Crippen molar-refractivity contribution in [3.63, 3.8) is 0 Å². The molecular formula is C45H25N3S. The predicted octanol–water partition coefficient (Wildman–Crippen LogP) is 11.2. The topological polar surface area (TPSA) is 41.1 Å². The molecule has 0 saturated heterocycles. The van der Waals surface area contributed by atoms with Crippen molar-refractivity contribution in [3.8, 4) is 28.3 Å². The Morgan fingerprint density at radius 3 is 1.96 bits per heavy atom. The molecule has 0 fully saturated rings. The van der Waals surface area contributed by atoms with Crippen molar-refractivity contribution in [2.75, 3.05) is 0 Å². The Kier molecular flexibility index (Phi) is 5.32. The molecule has 0 N–H and O–H groups in total. The first kappa shape index (κ1) is 26.9. The number of fused-ring (bicyclic) bond motifs is 17. The summed E-state index contributed by atoms with van der Waals surface area (Å²) in [7, 11) is 0. The molecule has 0 bridgehead atoms. The highest BCUT2D eigenvalue weighted by Crippen LogP contribution is 2.62. The van der Waals surface area contributed by atoms with Gasteiger partial charge < -0.3 is 0 Å². The monoisotopic (exact) mass is 639 g/mol. The van der Waals surface area contributed by atoms with Gasteiger partial charge in [0.05, 0.1) is 33.6 Å². The van der Waals surface area contributed by atoms with E-state index in [0.717, 1.165) is 38.7 Å². The third-order valence-electron chi connectivity index (χ3n) is 10.7. The van der Waals surface area contributed by atoms with Crippen LogP contribution in [0.25, 0.3) is 60.6 Å². The summed E-state index contributed by atoms with van der Waals surface area (Å²) in [5, 5.41) is 13.6. The van der Waals surface area contributed by atoms with Crippen molar-refractivity contribution in [2.24, 2.45) is 0 Å². The minimum Gasteiger partial charge on any atom is -0.292 e. The zero-order chi connectivity index (χ0) is 32.3. The number of para-hydroxylation sites is 2. The number of pyridine rings is 1. The highest BCUT2D eigenvalue weighted by atomic mass is 32.2. The van der Waals surface area contributed by atoms with Crippen LogP contribution in [0.4, 0.5) is 0 Å². The smallest absolute Gasteiger partial charge is 0.146 e. The maximum Gasteiger partial charge on any atom is 0.146 e. The maximum atomic E-state index is 10.1. The van der Waals surface area contributed by atoms with Crippen molar-refractivity contribution in [1.29, 1.82) is 5.26 Å². The minimum absolute atomic E-state index is 0.549. The molecule has 9 aromatic rings. The second-order valence-electron chi connectivity index (χ2n) is 13.0. The largest absolute Gasteiger partial charge is 0.292 e. The summed E-state index contributed by atoms with van der Waals surface area (Å²) >= 11 is 1.83. The molecule has 2 aromatic heterocycles. The fourth-order valence-corrected chi connectivity index (χ4v) is 9.83. The van der Waals surface area contributed by atoms with Crippen molar-refractivity contribution >= 4 is 50.1 Å². The maximum absolute atomic E-state index is 10.1. The Hall–Kier alpha value is -6.15. The summed E-state index contributed by atoms with van der Waals surface area (Å²) in [6.07, 6.45) is 0. The van der Waals surface area contributed by atoms with Gasteiger partial charge in [-0.3, -0.25) is 4.40 Å². The molecule has 49 heavy (non-hydrogen) atoms.